The largest absolute Gasteiger partial charge is 0.457 e. The number of hydrogen-bond acceptors (Lipinski definition) is 3. The topological polar surface area (TPSA) is 35.5 Å². The van der Waals surface area contributed by atoms with Gasteiger partial charge in [-0.05, 0) is 73.9 Å². The van der Waals surface area contributed by atoms with E-state index in [1.54, 1.807) is 24.3 Å². The first-order chi connectivity index (χ1) is 13.7. The Morgan fingerprint density at radius 1 is 0.621 bits per heavy atom. The summed E-state index contributed by atoms with van der Waals surface area (Å²) in [5.41, 5.74) is 3.15. The zero-order valence-corrected chi connectivity index (χ0v) is 18.1. The van der Waals surface area contributed by atoms with E-state index in [0.717, 1.165) is 16.7 Å². The van der Waals surface area contributed by atoms with Crippen LogP contribution >= 0.6 is 34.8 Å². The average Bonchev–Trinajstić information content (AvgIpc) is 2.92. The van der Waals surface area contributed by atoms with E-state index >= 15 is 0 Å². The lowest BCUT2D eigenvalue weighted by molar-refractivity contribution is -0.135. The molecule has 3 aromatic rings. The predicted molar refractivity (Wildman–Crippen MR) is 114 cm³/mol. The van der Waals surface area contributed by atoms with E-state index in [1.165, 1.54) is 0 Å². The molecule has 5 rings (SSSR count). The number of halogens is 3. The van der Waals surface area contributed by atoms with Gasteiger partial charge in [0.1, 0.15) is 17.2 Å². The first kappa shape index (κ1) is 18.8. The van der Waals surface area contributed by atoms with Crippen LogP contribution in [0.1, 0.15) is 33.4 Å². The van der Waals surface area contributed by atoms with Crippen molar-refractivity contribution in [2.24, 2.45) is 0 Å². The lowest BCUT2D eigenvalue weighted by Gasteiger charge is -2.35. The van der Waals surface area contributed by atoms with Gasteiger partial charge in [0, 0.05) is 31.8 Å². The number of ether oxygens (including phenoxy) is 2. The molecule has 0 radical (unpaired) electrons. The summed E-state index contributed by atoms with van der Waals surface area (Å²) in [6.45, 7) is 5.65. The summed E-state index contributed by atoms with van der Waals surface area (Å²) >= 11 is 19.4. The Labute approximate surface area is 183 Å². The van der Waals surface area contributed by atoms with Crippen LogP contribution in [0.3, 0.4) is 0 Å². The molecule has 0 saturated carbocycles. The number of fused-ring (bicyclic) bond motifs is 6. The molecule has 3 aromatic carbocycles. The molecule has 6 heteroatoms. The number of benzene rings is 3. The van der Waals surface area contributed by atoms with Gasteiger partial charge in [0.2, 0.25) is 0 Å². The molecule has 0 fully saturated rings. The van der Waals surface area contributed by atoms with Crippen LogP contribution < -0.4 is 9.47 Å². The molecule has 2 aliphatic rings. The number of rotatable bonds is 0. The number of esters is 1. The van der Waals surface area contributed by atoms with Crippen molar-refractivity contribution >= 4 is 40.8 Å². The third-order valence-electron chi connectivity index (χ3n) is 5.72. The van der Waals surface area contributed by atoms with Crippen LogP contribution in [-0.4, -0.2) is 5.97 Å². The third-order valence-corrected chi connectivity index (χ3v) is 6.94. The minimum absolute atomic E-state index is 0.431. The van der Waals surface area contributed by atoms with E-state index < -0.39 is 11.4 Å². The van der Waals surface area contributed by atoms with Crippen molar-refractivity contribution in [3.63, 3.8) is 0 Å². The highest BCUT2D eigenvalue weighted by molar-refractivity contribution is 6.32. The molecule has 0 aromatic heterocycles. The summed E-state index contributed by atoms with van der Waals surface area (Å²) in [6, 6.07) is 10.8. The van der Waals surface area contributed by atoms with Crippen LogP contribution in [0.25, 0.3) is 0 Å². The van der Waals surface area contributed by atoms with Crippen molar-refractivity contribution in [1.82, 2.24) is 0 Å². The van der Waals surface area contributed by atoms with Crippen LogP contribution in [-0.2, 0) is 10.2 Å². The first-order valence-corrected chi connectivity index (χ1v) is 10.2. The monoisotopic (exact) mass is 444 g/mol. The lowest BCUT2D eigenvalue weighted by Crippen LogP contribution is -2.39. The quantitative estimate of drug-likeness (QED) is 0.278. The Kier molecular flexibility index (Phi) is 3.99. The van der Waals surface area contributed by atoms with Gasteiger partial charge in [0.15, 0.2) is 5.41 Å². The van der Waals surface area contributed by atoms with Crippen molar-refractivity contribution in [2.75, 3.05) is 0 Å². The van der Waals surface area contributed by atoms with Crippen LogP contribution in [0.4, 0.5) is 0 Å². The molecule has 0 bridgehead atoms. The summed E-state index contributed by atoms with van der Waals surface area (Å²) in [5, 5.41) is 1.62. The fraction of sp³-hybridized carbons (Fsp3) is 0.174. The normalized spacial score (nSPS) is 15.4. The van der Waals surface area contributed by atoms with Gasteiger partial charge in [-0.25, -0.2) is 4.79 Å². The standard InChI is InChI=1S/C23H15Cl3O3/c1-10-4-19-13(7-16(10)24)23(14-8-17(25)11(2)5-20(14)28-19)15-9-18(26)12(3)6-21(15)29-22(23)27/h4-9H,1-3H3. The molecule has 3 nitrogen and oxygen atoms in total. The van der Waals surface area contributed by atoms with E-state index in [0.29, 0.717) is 49.0 Å². The molecule has 0 amide bonds. The first-order valence-electron chi connectivity index (χ1n) is 9.05. The molecule has 29 heavy (non-hydrogen) atoms. The van der Waals surface area contributed by atoms with E-state index in [9.17, 15) is 4.79 Å². The fourth-order valence-electron chi connectivity index (χ4n) is 4.16. The van der Waals surface area contributed by atoms with Crippen molar-refractivity contribution in [3.8, 4) is 17.2 Å². The average molecular weight is 446 g/mol. The molecule has 0 atom stereocenters. The predicted octanol–water partition coefficient (Wildman–Crippen LogP) is 6.93. The maximum absolute atomic E-state index is 13.5. The van der Waals surface area contributed by atoms with E-state index in [1.807, 2.05) is 32.9 Å². The van der Waals surface area contributed by atoms with Crippen molar-refractivity contribution in [1.29, 1.82) is 0 Å². The van der Waals surface area contributed by atoms with Crippen molar-refractivity contribution < 1.29 is 14.3 Å². The number of carbonyl (C=O) groups is 1. The molecule has 0 aliphatic carbocycles. The second kappa shape index (κ2) is 6.15. The minimum atomic E-state index is -1.26. The summed E-state index contributed by atoms with van der Waals surface area (Å²) < 4.78 is 11.9. The van der Waals surface area contributed by atoms with Gasteiger partial charge < -0.3 is 9.47 Å². The van der Waals surface area contributed by atoms with Gasteiger partial charge in [-0.2, -0.15) is 0 Å². The number of carbonyl (C=O) groups excluding carboxylic acids is 1. The van der Waals surface area contributed by atoms with Crippen molar-refractivity contribution in [2.45, 2.75) is 26.2 Å². The Morgan fingerprint density at radius 2 is 0.966 bits per heavy atom. The van der Waals surface area contributed by atoms with Gasteiger partial charge in [-0.3, -0.25) is 0 Å². The lowest BCUT2D eigenvalue weighted by atomic mass is 9.68. The molecule has 0 saturated heterocycles. The second-order valence-electron chi connectivity index (χ2n) is 7.53. The highest BCUT2D eigenvalue weighted by atomic mass is 35.5. The summed E-state index contributed by atoms with van der Waals surface area (Å²) in [7, 11) is 0. The zero-order chi connectivity index (χ0) is 20.7. The molecule has 146 valence electrons. The summed E-state index contributed by atoms with van der Waals surface area (Å²) in [4.78, 5) is 13.5. The molecule has 2 aliphatic heterocycles. The van der Waals surface area contributed by atoms with Crippen molar-refractivity contribution in [3.05, 3.63) is 84.8 Å². The smallest absolute Gasteiger partial charge is 0.331 e. The fourth-order valence-corrected chi connectivity index (χ4v) is 4.65. The Hall–Kier alpha value is -2.20. The number of hydrogen-bond donors (Lipinski definition) is 0. The van der Waals surface area contributed by atoms with E-state index in [-0.39, 0.29) is 0 Å². The molecule has 0 unspecified atom stereocenters. The highest BCUT2D eigenvalue weighted by Crippen LogP contribution is 2.59. The minimum Gasteiger partial charge on any atom is -0.457 e. The van der Waals surface area contributed by atoms with Gasteiger partial charge in [-0.15, -0.1) is 0 Å². The van der Waals surface area contributed by atoms with Gasteiger partial charge in [0.25, 0.3) is 0 Å². The molecular weight excluding hydrogens is 431 g/mol. The summed E-state index contributed by atoms with van der Waals surface area (Å²) in [5.74, 6) is 1.16. The molecule has 0 N–H and O–H groups in total. The second-order valence-corrected chi connectivity index (χ2v) is 8.76. The van der Waals surface area contributed by atoms with E-state index in [4.69, 9.17) is 44.3 Å². The van der Waals surface area contributed by atoms with Gasteiger partial charge in [0.05, 0.1) is 0 Å². The van der Waals surface area contributed by atoms with Gasteiger partial charge in [-0.1, -0.05) is 34.8 Å². The van der Waals surface area contributed by atoms with Crippen LogP contribution in [0.2, 0.25) is 15.1 Å². The Balaban J connectivity index is 1.96. The molecule has 1 spiro atoms. The van der Waals surface area contributed by atoms with Crippen LogP contribution in [0, 0.1) is 20.8 Å². The number of aryl methyl sites for hydroxylation is 3. The third kappa shape index (κ3) is 2.41. The SMILES string of the molecule is Cc1cc2c(cc1Cl)C1(C(=O)O2)c2cc(Cl)c(C)cc2Oc2cc(C)c(Cl)cc21. The maximum atomic E-state index is 13.5. The Bertz CT molecular complexity index is 1190. The van der Waals surface area contributed by atoms with Crippen LogP contribution in [0.15, 0.2) is 36.4 Å². The summed E-state index contributed by atoms with van der Waals surface area (Å²) in [6.07, 6.45) is 0. The Morgan fingerprint density at radius 3 is 1.34 bits per heavy atom. The van der Waals surface area contributed by atoms with Gasteiger partial charge >= 0.3 is 5.97 Å². The zero-order valence-electron chi connectivity index (χ0n) is 15.8. The van der Waals surface area contributed by atoms with E-state index in [2.05, 4.69) is 0 Å². The van der Waals surface area contributed by atoms with Crippen LogP contribution in [0.5, 0.6) is 17.2 Å². The highest BCUT2D eigenvalue weighted by Gasteiger charge is 2.57. The molecular formula is C23H15Cl3O3. The molecule has 2 heterocycles. The maximum Gasteiger partial charge on any atom is 0.331 e.